The van der Waals surface area contributed by atoms with Crippen LogP contribution in [0.3, 0.4) is 0 Å². The Morgan fingerprint density at radius 1 is 1.00 bits per heavy atom. The van der Waals surface area contributed by atoms with Crippen LogP contribution >= 0.6 is 34.8 Å². The largest absolute Gasteiger partial charge is 0.490 e. The molecule has 3 aromatic rings. The van der Waals surface area contributed by atoms with Crippen molar-refractivity contribution in [1.82, 2.24) is 4.90 Å². The highest BCUT2D eigenvalue weighted by atomic mass is 35.5. The molecule has 9 heteroatoms. The molecule has 222 valence electrons. The lowest BCUT2D eigenvalue weighted by Crippen LogP contribution is -2.41. The first-order valence-electron chi connectivity index (χ1n) is 14.2. The van der Waals surface area contributed by atoms with Crippen LogP contribution in [0, 0.1) is 24.2 Å². The van der Waals surface area contributed by atoms with E-state index in [9.17, 15) is 4.79 Å². The predicted octanol–water partition coefficient (Wildman–Crippen LogP) is 7.57. The Morgan fingerprint density at radius 3 is 2.31 bits per heavy atom. The molecule has 4 rings (SSSR count). The van der Waals surface area contributed by atoms with Gasteiger partial charge in [0, 0.05) is 30.6 Å². The summed E-state index contributed by atoms with van der Waals surface area (Å²) in [6, 6.07) is 19.6. The van der Waals surface area contributed by atoms with Gasteiger partial charge in [-0.25, -0.2) is 0 Å². The van der Waals surface area contributed by atoms with E-state index < -0.39 is 0 Å². The molecule has 0 aromatic heterocycles. The highest BCUT2D eigenvalue weighted by molar-refractivity contribution is 6.37. The van der Waals surface area contributed by atoms with Crippen molar-refractivity contribution in [3.8, 4) is 17.6 Å². The summed E-state index contributed by atoms with van der Waals surface area (Å²) in [5.41, 5.74) is 10.2. The molecule has 1 fully saturated rings. The highest BCUT2D eigenvalue weighted by Crippen LogP contribution is 2.34. The fourth-order valence-corrected chi connectivity index (χ4v) is 5.76. The molecule has 0 radical (unpaired) electrons. The summed E-state index contributed by atoms with van der Waals surface area (Å²) >= 11 is 19.0. The second-order valence-corrected chi connectivity index (χ2v) is 11.9. The van der Waals surface area contributed by atoms with Gasteiger partial charge < -0.3 is 20.1 Å². The number of nitrogens with two attached hydrogens (primary N) is 1. The van der Waals surface area contributed by atoms with Crippen LogP contribution in [0.4, 0.5) is 0 Å². The lowest BCUT2D eigenvalue weighted by Gasteiger charge is -2.28. The Labute approximate surface area is 263 Å². The van der Waals surface area contributed by atoms with E-state index in [-0.39, 0.29) is 31.0 Å². The topological polar surface area (TPSA) is 88.6 Å². The first-order valence-corrected chi connectivity index (χ1v) is 15.4. The Kier molecular flexibility index (Phi) is 11.8. The number of amides is 1. The second-order valence-electron chi connectivity index (χ2n) is 10.7. The van der Waals surface area contributed by atoms with Crippen molar-refractivity contribution >= 4 is 40.7 Å². The van der Waals surface area contributed by atoms with Crippen LogP contribution in [-0.2, 0) is 24.2 Å². The van der Waals surface area contributed by atoms with Crippen LogP contribution in [0.25, 0.3) is 0 Å². The minimum atomic E-state index is -0.340. The van der Waals surface area contributed by atoms with Gasteiger partial charge in [0.1, 0.15) is 19.0 Å². The highest BCUT2D eigenvalue weighted by Gasteiger charge is 2.35. The number of carbonyl (C=O) groups excluding carboxylic acids is 1. The van der Waals surface area contributed by atoms with Crippen LogP contribution in [0.2, 0.25) is 15.1 Å². The summed E-state index contributed by atoms with van der Waals surface area (Å²) in [4.78, 5) is 15.7. The van der Waals surface area contributed by atoms with Gasteiger partial charge in [0.2, 0.25) is 5.91 Å². The van der Waals surface area contributed by atoms with E-state index in [1.165, 1.54) is 0 Å². The van der Waals surface area contributed by atoms with Gasteiger partial charge in [-0.3, -0.25) is 4.79 Å². The molecular weight excluding hydrogens is 593 g/mol. The molecule has 1 saturated carbocycles. The van der Waals surface area contributed by atoms with Gasteiger partial charge in [-0.05, 0) is 91.6 Å². The summed E-state index contributed by atoms with van der Waals surface area (Å²) in [5, 5.41) is 10.4. The van der Waals surface area contributed by atoms with E-state index >= 15 is 0 Å². The van der Waals surface area contributed by atoms with Gasteiger partial charge in [-0.1, -0.05) is 59.1 Å². The monoisotopic (exact) mass is 627 g/mol. The van der Waals surface area contributed by atoms with Gasteiger partial charge in [0.15, 0.2) is 5.75 Å². The molecule has 0 aliphatic heterocycles. The Balaban J connectivity index is 1.32. The maximum Gasteiger partial charge on any atom is 0.227 e. The van der Waals surface area contributed by atoms with Crippen molar-refractivity contribution in [3.63, 3.8) is 0 Å². The van der Waals surface area contributed by atoms with Crippen molar-refractivity contribution in [3.05, 3.63) is 91.9 Å². The van der Waals surface area contributed by atoms with E-state index in [2.05, 4.69) is 12.1 Å². The van der Waals surface area contributed by atoms with Crippen LogP contribution < -0.4 is 15.2 Å². The van der Waals surface area contributed by atoms with Gasteiger partial charge in [0.05, 0.1) is 22.0 Å². The Morgan fingerprint density at radius 2 is 1.67 bits per heavy atom. The number of ether oxygens (including phenoxy) is 2. The lowest BCUT2D eigenvalue weighted by atomic mass is 9.97. The number of hydrogen-bond donors (Lipinski definition) is 1. The summed E-state index contributed by atoms with van der Waals surface area (Å²) in [5.74, 6) is 0.860. The summed E-state index contributed by atoms with van der Waals surface area (Å²) < 4.78 is 11.5. The number of benzene rings is 3. The van der Waals surface area contributed by atoms with E-state index in [0.717, 1.165) is 47.9 Å². The molecule has 2 N–H and O–H groups in total. The zero-order chi connectivity index (χ0) is 30.1. The lowest BCUT2D eigenvalue weighted by molar-refractivity contribution is -0.136. The molecule has 0 heterocycles. The van der Waals surface area contributed by atoms with Crippen molar-refractivity contribution in [2.45, 2.75) is 58.0 Å². The third-order valence-corrected chi connectivity index (χ3v) is 8.19. The van der Waals surface area contributed by atoms with Crippen LogP contribution in [-0.4, -0.2) is 36.6 Å². The molecule has 1 amide bonds. The summed E-state index contributed by atoms with van der Waals surface area (Å²) in [7, 11) is 0. The minimum Gasteiger partial charge on any atom is -0.490 e. The fraction of sp³-hybridized carbons (Fsp3) is 0.394. The molecule has 42 heavy (non-hydrogen) atoms. The number of nitriles is 1. The normalized spacial score (nSPS) is 13.3. The smallest absolute Gasteiger partial charge is 0.227 e. The van der Waals surface area contributed by atoms with Crippen molar-refractivity contribution in [2.24, 2.45) is 11.7 Å². The van der Waals surface area contributed by atoms with Gasteiger partial charge >= 0.3 is 0 Å². The number of carbonyl (C=O) groups is 1. The van der Waals surface area contributed by atoms with Crippen molar-refractivity contribution < 1.29 is 14.3 Å². The van der Waals surface area contributed by atoms with Crippen molar-refractivity contribution in [2.75, 3.05) is 19.8 Å². The van der Waals surface area contributed by atoms with Crippen molar-refractivity contribution in [1.29, 1.82) is 5.26 Å². The number of halogens is 3. The first-order chi connectivity index (χ1) is 20.3. The molecule has 0 spiro atoms. The molecular formula is C33H36Cl3N3O3. The quantitative estimate of drug-likeness (QED) is 0.175. The SMILES string of the molecule is Cc1cc(Cl)c(OCCOc2ccc(C[C@H](CN)C(=O)N(Cc3cc(CCCC#N)ccc3Cl)C3CC3)cc2)c(Cl)c1. The minimum absolute atomic E-state index is 0.0526. The molecule has 6 nitrogen and oxygen atoms in total. The number of aryl methyl sites for hydroxylation is 2. The number of hydrogen-bond acceptors (Lipinski definition) is 5. The van der Waals surface area contributed by atoms with E-state index in [4.69, 9.17) is 55.3 Å². The molecule has 0 bridgehead atoms. The Bertz CT molecular complexity index is 1380. The van der Waals surface area contributed by atoms with Crippen LogP contribution in [0.1, 0.15) is 47.9 Å². The number of nitrogens with zero attached hydrogens (tertiary/aromatic N) is 2. The van der Waals surface area contributed by atoms with Crippen LogP contribution in [0.15, 0.2) is 54.6 Å². The summed E-state index contributed by atoms with van der Waals surface area (Å²) in [6.45, 7) is 3.24. The van der Waals surface area contributed by atoms with Crippen LogP contribution in [0.5, 0.6) is 11.5 Å². The Hall–Kier alpha value is -2.95. The van der Waals surface area contributed by atoms with E-state index in [1.807, 2.05) is 48.2 Å². The van der Waals surface area contributed by atoms with Gasteiger partial charge in [0.25, 0.3) is 0 Å². The number of rotatable bonds is 15. The third kappa shape index (κ3) is 9.02. The standard InChI is InChI=1S/C33H36Cl3N3O3/c1-22-16-30(35)32(31(36)17-22)42-15-14-41-28-10-5-24(6-11-28)18-25(20-38)33(40)39(27-8-9-27)21-26-19-23(4-2-3-13-37)7-12-29(26)34/h5-7,10-12,16-17,19,25,27H,2-4,8-9,14-15,18,20-21,38H2,1H3/t25-/m1/s1. The molecule has 3 aromatic carbocycles. The second kappa shape index (κ2) is 15.5. The molecule has 1 atom stereocenters. The predicted molar refractivity (Wildman–Crippen MR) is 168 cm³/mol. The first kappa shape index (κ1) is 32.0. The van der Waals surface area contributed by atoms with E-state index in [0.29, 0.717) is 52.6 Å². The molecule has 1 aliphatic carbocycles. The maximum absolute atomic E-state index is 13.7. The average Bonchev–Trinajstić information content (AvgIpc) is 3.81. The van der Waals surface area contributed by atoms with E-state index in [1.54, 1.807) is 12.1 Å². The zero-order valence-electron chi connectivity index (χ0n) is 23.8. The fourth-order valence-electron chi connectivity index (χ4n) is 4.87. The van der Waals surface area contributed by atoms with Gasteiger partial charge in [-0.2, -0.15) is 5.26 Å². The third-order valence-electron chi connectivity index (χ3n) is 7.26. The molecule has 1 aliphatic rings. The van der Waals surface area contributed by atoms with Gasteiger partial charge in [-0.15, -0.1) is 0 Å². The average molecular weight is 629 g/mol. The number of unbranched alkanes of at least 4 members (excludes halogenated alkanes) is 1. The molecule has 0 saturated heterocycles. The maximum atomic E-state index is 13.7. The molecule has 0 unspecified atom stereocenters. The summed E-state index contributed by atoms with van der Waals surface area (Å²) in [6.07, 6.45) is 4.63. The zero-order valence-corrected chi connectivity index (χ0v) is 26.0.